The van der Waals surface area contributed by atoms with Crippen LogP contribution in [0.2, 0.25) is 0 Å². The lowest BCUT2D eigenvalue weighted by Crippen LogP contribution is -2.45. The number of hydrogen-bond donors (Lipinski definition) is 2. The van der Waals surface area contributed by atoms with E-state index in [9.17, 15) is 0 Å². The minimum Gasteiger partial charge on any atom is -0.346 e. The standard InChI is InChI=1S/C21H22N4S/c1-15-8-6-7-11-18(15)22-21-23-19-12-13-26-14-17(19)20(24-21)25(2)16-9-4-3-5-10-16/h3-13,19H,14H2,1-2H3,(H2,22,23,24). The van der Waals surface area contributed by atoms with Crippen LogP contribution in [0.4, 0.5) is 11.4 Å². The Bertz CT molecular complexity index is 886. The summed E-state index contributed by atoms with van der Waals surface area (Å²) < 4.78 is 0. The van der Waals surface area contributed by atoms with Gasteiger partial charge in [-0.2, -0.15) is 4.99 Å². The van der Waals surface area contributed by atoms with Gasteiger partial charge in [-0.05, 0) is 36.1 Å². The number of aliphatic imine (C=N–C) groups is 1. The van der Waals surface area contributed by atoms with Crippen molar-refractivity contribution in [2.75, 3.05) is 23.0 Å². The molecule has 0 aromatic heterocycles. The monoisotopic (exact) mass is 362 g/mol. The Kier molecular flexibility index (Phi) is 4.71. The van der Waals surface area contributed by atoms with Crippen molar-refractivity contribution >= 4 is 29.1 Å². The number of anilines is 2. The maximum Gasteiger partial charge on any atom is 0.203 e. The number of rotatable bonds is 3. The highest BCUT2D eigenvalue weighted by Crippen LogP contribution is 2.30. The smallest absolute Gasteiger partial charge is 0.203 e. The van der Waals surface area contributed by atoms with Crippen LogP contribution < -0.4 is 15.5 Å². The van der Waals surface area contributed by atoms with Gasteiger partial charge in [0.2, 0.25) is 5.96 Å². The third-order valence-electron chi connectivity index (χ3n) is 4.64. The molecule has 2 aromatic carbocycles. The summed E-state index contributed by atoms with van der Waals surface area (Å²) in [5, 5.41) is 9.14. The molecule has 0 amide bonds. The third-order valence-corrected chi connectivity index (χ3v) is 5.47. The second-order valence-corrected chi connectivity index (χ2v) is 7.30. The van der Waals surface area contributed by atoms with Gasteiger partial charge in [0, 0.05) is 29.7 Å². The fraction of sp³-hybridized carbons (Fsp3) is 0.190. The number of hydrogen-bond acceptors (Lipinski definition) is 5. The average molecular weight is 363 g/mol. The Morgan fingerprint density at radius 3 is 2.69 bits per heavy atom. The maximum absolute atomic E-state index is 4.93. The van der Waals surface area contributed by atoms with E-state index in [0.29, 0.717) is 0 Å². The van der Waals surface area contributed by atoms with Gasteiger partial charge in [-0.25, -0.2) is 0 Å². The van der Waals surface area contributed by atoms with Crippen LogP contribution in [0.3, 0.4) is 0 Å². The second-order valence-electron chi connectivity index (χ2n) is 6.41. The van der Waals surface area contributed by atoms with Crippen LogP contribution in [0.15, 0.2) is 82.5 Å². The topological polar surface area (TPSA) is 39.7 Å². The molecule has 1 unspecified atom stereocenters. The molecule has 2 aliphatic heterocycles. The van der Waals surface area contributed by atoms with Crippen molar-refractivity contribution < 1.29 is 0 Å². The van der Waals surface area contributed by atoms with Crippen molar-refractivity contribution in [2.45, 2.75) is 13.0 Å². The normalized spacial score (nSPS) is 18.7. The largest absolute Gasteiger partial charge is 0.346 e. The number of para-hydroxylation sites is 2. The Hall–Kier alpha value is -2.66. The number of fused-ring (bicyclic) bond motifs is 1. The van der Waals surface area contributed by atoms with Crippen molar-refractivity contribution in [1.29, 1.82) is 0 Å². The van der Waals surface area contributed by atoms with Gasteiger partial charge in [-0.1, -0.05) is 42.5 Å². The molecule has 5 heteroatoms. The van der Waals surface area contributed by atoms with E-state index >= 15 is 0 Å². The first kappa shape index (κ1) is 16.8. The molecule has 0 saturated carbocycles. The van der Waals surface area contributed by atoms with E-state index in [1.165, 1.54) is 11.1 Å². The van der Waals surface area contributed by atoms with Gasteiger partial charge in [0.05, 0.1) is 6.04 Å². The minimum atomic E-state index is 0.168. The molecule has 0 radical (unpaired) electrons. The minimum absolute atomic E-state index is 0.168. The Balaban J connectivity index is 1.71. The van der Waals surface area contributed by atoms with Crippen LogP contribution in [0.25, 0.3) is 0 Å². The summed E-state index contributed by atoms with van der Waals surface area (Å²) >= 11 is 1.81. The zero-order valence-corrected chi connectivity index (χ0v) is 15.8. The number of nitrogens with zero attached hydrogens (tertiary/aromatic N) is 2. The Morgan fingerprint density at radius 1 is 1.12 bits per heavy atom. The molecule has 2 N–H and O–H groups in total. The quantitative estimate of drug-likeness (QED) is 0.852. The first-order valence-corrected chi connectivity index (χ1v) is 9.75. The molecule has 2 aliphatic rings. The first-order valence-electron chi connectivity index (χ1n) is 8.70. The predicted molar refractivity (Wildman–Crippen MR) is 113 cm³/mol. The van der Waals surface area contributed by atoms with Gasteiger partial charge in [0.15, 0.2) is 0 Å². The summed E-state index contributed by atoms with van der Waals surface area (Å²) in [6, 6.07) is 18.8. The molecule has 26 heavy (non-hydrogen) atoms. The molecule has 4 rings (SSSR count). The highest BCUT2D eigenvalue weighted by Gasteiger charge is 2.27. The number of thioether (sulfide) groups is 1. The summed E-state index contributed by atoms with van der Waals surface area (Å²) in [4.78, 5) is 7.10. The van der Waals surface area contributed by atoms with Crippen molar-refractivity contribution in [3.05, 3.63) is 83.0 Å². The molecule has 2 heterocycles. The van der Waals surface area contributed by atoms with Crippen molar-refractivity contribution in [1.82, 2.24) is 5.32 Å². The predicted octanol–water partition coefficient (Wildman–Crippen LogP) is 4.34. The number of guanidine groups is 1. The third kappa shape index (κ3) is 3.35. The Morgan fingerprint density at radius 2 is 1.88 bits per heavy atom. The summed E-state index contributed by atoms with van der Waals surface area (Å²) in [5.74, 6) is 2.73. The zero-order chi connectivity index (χ0) is 17.9. The van der Waals surface area contributed by atoms with Crippen LogP contribution in [0.1, 0.15) is 5.56 Å². The average Bonchev–Trinajstić information content (AvgIpc) is 2.69. The van der Waals surface area contributed by atoms with Crippen LogP contribution in [0, 0.1) is 6.92 Å². The van der Waals surface area contributed by atoms with Crippen LogP contribution in [-0.4, -0.2) is 24.8 Å². The van der Waals surface area contributed by atoms with E-state index in [-0.39, 0.29) is 6.04 Å². The van der Waals surface area contributed by atoms with Gasteiger partial charge in [-0.3, -0.25) is 0 Å². The summed E-state index contributed by atoms with van der Waals surface area (Å²) in [7, 11) is 2.08. The fourth-order valence-electron chi connectivity index (χ4n) is 3.14. The van der Waals surface area contributed by atoms with Crippen molar-refractivity contribution in [3.8, 4) is 0 Å². The molecule has 0 saturated heterocycles. The van der Waals surface area contributed by atoms with Crippen molar-refractivity contribution in [2.24, 2.45) is 4.99 Å². The molecular formula is C21H22N4S. The number of nitrogens with one attached hydrogen (secondary N) is 2. The van der Waals surface area contributed by atoms with E-state index in [1.54, 1.807) is 0 Å². The van der Waals surface area contributed by atoms with Crippen molar-refractivity contribution in [3.63, 3.8) is 0 Å². The lowest BCUT2D eigenvalue weighted by molar-refractivity contribution is 0.774. The summed E-state index contributed by atoms with van der Waals surface area (Å²) in [5.41, 5.74) is 4.70. The zero-order valence-electron chi connectivity index (χ0n) is 14.9. The molecule has 0 spiro atoms. The highest BCUT2D eigenvalue weighted by atomic mass is 32.2. The molecule has 2 aromatic rings. The van der Waals surface area contributed by atoms with Gasteiger partial charge in [0.25, 0.3) is 0 Å². The molecule has 1 atom stereocenters. The van der Waals surface area contributed by atoms with E-state index < -0.39 is 0 Å². The van der Waals surface area contributed by atoms with E-state index in [2.05, 4.69) is 77.4 Å². The van der Waals surface area contributed by atoms with Gasteiger partial charge in [-0.15, -0.1) is 11.8 Å². The Labute approximate surface area is 158 Å². The van der Waals surface area contributed by atoms with Crippen LogP contribution in [0.5, 0.6) is 0 Å². The van der Waals surface area contributed by atoms with Crippen LogP contribution in [-0.2, 0) is 0 Å². The summed E-state index contributed by atoms with van der Waals surface area (Å²) in [6.07, 6.45) is 2.20. The van der Waals surface area contributed by atoms with Gasteiger partial charge >= 0.3 is 0 Å². The second kappa shape index (κ2) is 7.30. The number of benzene rings is 2. The maximum atomic E-state index is 4.93. The molecule has 132 valence electrons. The SMILES string of the molecule is Cc1ccccc1NC1=NC(N(C)c2ccccc2)=C2CSC=CC2N1. The fourth-order valence-corrected chi connectivity index (χ4v) is 4.00. The lowest BCUT2D eigenvalue weighted by Gasteiger charge is -2.33. The summed E-state index contributed by atoms with van der Waals surface area (Å²) in [6.45, 7) is 2.10. The van der Waals surface area contributed by atoms with E-state index in [0.717, 1.165) is 28.9 Å². The lowest BCUT2D eigenvalue weighted by atomic mass is 10.1. The van der Waals surface area contributed by atoms with E-state index in [1.807, 2.05) is 30.0 Å². The first-order chi connectivity index (χ1) is 12.7. The molecular weight excluding hydrogens is 340 g/mol. The van der Waals surface area contributed by atoms with E-state index in [4.69, 9.17) is 4.99 Å². The molecule has 0 bridgehead atoms. The molecule has 0 aliphatic carbocycles. The molecule has 0 fully saturated rings. The van der Waals surface area contributed by atoms with Crippen LogP contribution >= 0.6 is 11.8 Å². The highest BCUT2D eigenvalue weighted by molar-refractivity contribution is 8.02. The molecule has 4 nitrogen and oxygen atoms in total. The number of aryl methyl sites for hydroxylation is 1. The van der Waals surface area contributed by atoms with Gasteiger partial charge < -0.3 is 15.5 Å². The van der Waals surface area contributed by atoms with Gasteiger partial charge in [0.1, 0.15) is 5.82 Å².